The molecule has 6 unspecified atom stereocenters. The second-order valence-corrected chi connectivity index (χ2v) is 7.91. The first-order valence-electron chi connectivity index (χ1n) is 9.59. The van der Waals surface area contributed by atoms with Crippen LogP contribution >= 0.6 is 0 Å². The summed E-state index contributed by atoms with van der Waals surface area (Å²) >= 11 is 0. The quantitative estimate of drug-likeness (QED) is 0.652. The van der Waals surface area contributed by atoms with E-state index in [0.29, 0.717) is 22.3 Å². The number of alkyl halides is 6. The molecule has 0 saturated carbocycles. The minimum atomic E-state index is -4.48. The van der Waals surface area contributed by atoms with Crippen molar-refractivity contribution in [3.8, 4) is 0 Å². The number of hydrogen-bond donors (Lipinski definition) is 1. The maximum Gasteiger partial charge on any atom is 0.415 e. The maximum atomic E-state index is 13.0. The van der Waals surface area contributed by atoms with Crippen molar-refractivity contribution in [2.24, 2.45) is 11.8 Å². The van der Waals surface area contributed by atoms with Crippen LogP contribution in [-0.4, -0.2) is 43.4 Å². The Kier molecular flexibility index (Phi) is 6.44. The van der Waals surface area contributed by atoms with Crippen LogP contribution in [0.25, 0.3) is 0 Å². The summed E-state index contributed by atoms with van der Waals surface area (Å²) in [6.45, 7) is 2.65. The fraction of sp³-hybridized carbons (Fsp3) is 0.700. The standard InChI is InChI=1S/C20H24F6O4/c1-9-15(29-17(9)19(21,22)23)13-7-12(8-28-3)14(6-11(13)4-5-27)16-10(2)18(30-16)20(24,25)26/h6-7,9-10,15-18,27H,4-5,8H2,1-3H3. The number of methoxy groups -OCH3 is 1. The van der Waals surface area contributed by atoms with Gasteiger partial charge in [0.15, 0.2) is 12.2 Å². The molecule has 0 amide bonds. The van der Waals surface area contributed by atoms with Gasteiger partial charge < -0.3 is 19.3 Å². The van der Waals surface area contributed by atoms with Gasteiger partial charge in [-0.2, -0.15) is 26.3 Å². The van der Waals surface area contributed by atoms with Gasteiger partial charge in [0.2, 0.25) is 0 Å². The van der Waals surface area contributed by atoms with Gasteiger partial charge in [-0.1, -0.05) is 26.0 Å². The number of ether oxygens (including phenoxy) is 3. The van der Waals surface area contributed by atoms with Crippen molar-refractivity contribution >= 4 is 0 Å². The van der Waals surface area contributed by atoms with Crippen LogP contribution in [0.15, 0.2) is 12.1 Å². The molecule has 4 nitrogen and oxygen atoms in total. The highest BCUT2D eigenvalue weighted by Crippen LogP contribution is 2.51. The van der Waals surface area contributed by atoms with E-state index >= 15 is 0 Å². The molecule has 0 aromatic heterocycles. The SMILES string of the molecule is COCc1cc(C2OC(C(F)(F)F)C2C)c(CCO)cc1C1OC(C(F)(F)F)C1C. The highest BCUT2D eigenvalue weighted by atomic mass is 19.4. The lowest BCUT2D eigenvalue weighted by atomic mass is 9.79. The Hall–Kier alpha value is -1.36. The molecule has 0 radical (unpaired) electrons. The van der Waals surface area contributed by atoms with Crippen molar-refractivity contribution in [2.45, 2.75) is 63.6 Å². The lowest BCUT2D eigenvalue weighted by Crippen LogP contribution is -2.51. The van der Waals surface area contributed by atoms with Crippen LogP contribution in [0, 0.1) is 11.8 Å². The van der Waals surface area contributed by atoms with E-state index in [0.717, 1.165) is 0 Å². The van der Waals surface area contributed by atoms with Gasteiger partial charge >= 0.3 is 12.4 Å². The van der Waals surface area contributed by atoms with Crippen LogP contribution in [0.4, 0.5) is 26.3 Å². The summed E-state index contributed by atoms with van der Waals surface area (Å²) in [5, 5.41) is 9.41. The van der Waals surface area contributed by atoms with Gasteiger partial charge in [-0.25, -0.2) is 0 Å². The predicted molar refractivity (Wildman–Crippen MR) is 93.6 cm³/mol. The average molecular weight is 442 g/mol. The van der Waals surface area contributed by atoms with E-state index in [2.05, 4.69) is 0 Å². The summed E-state index contributed by atoms with van der Waals surface area (Å²) in [5.41, 5.74) is 2.01. The third-order valence-corrected chi connectivity index (χ3v) is 5.84. The molecule has 1 aromatic carbocycles. The van der Waals surface area contributed by atoms with Crippen molar-refractivity contribution in [2.75, 3.05) is 13.7 Å². The van der Waals surface area contributed by atoms with Gasteiger partial charge in [-0.3, -0.25) is 0 Å². The van der Waals surface area contributed by atoms with Crippen LogP contribution in [0.5, 0.6) is 0 Å². The summed E-state index contributed by atoms with van der Waals surface area (Å²) in [6, 6.07) is 3.21. The number of benzene rings is 1. The summed E-state index contributed by atoms with van der Waals surface area (Å²) < 4.78 is 93.4. The smallest absolute Gasteiger partial charge is 0.396 e. The first kappa shape index (κ1) is 23.3. The molecule has 2 saturated heterocycles. The minimum Gasteiger partial charge on any atom is -0.396 e. The van der Waals surface area contributed by atoms with E-state index in [4.69, 9.17) is 14.2 Å². The zero-order chi connectivity index (χ0) is 22.4. The number of rotatable bonds is 6. The van der Waals surface area contributed by atoms with Gasteiger partial charge in [0.1, 0.15) is 0 Å². The second kappa shape index (κ2) is 8.29. The predicted octanol–water partition coefficient (Wildman–Crippen LogP) is 4.64. The first-order chi connectivity index (χ1) is 13.9. The third kappa shape index (κ3) is 4.19. The Morgan fingerprint density at radius 2 is 1.30 bits per heavy atom. The topological polar surface area (TPSA) is 47.9 Å². The molecule has 2 aliphatic rings. The van der Waals surface area contributed by atoms with E-state index in [1.165, 1.54) is 21.0 Å². The molecule has 30 heavy (non-hydrogen) atoms. The number of aliphatic hydroxyl groups is 1. The second-order valence-electron chi connectivity index (χ2n) is 7.91. The van der Waals surface area contributed by atoms with Crippen LogP contribution in [0.3, 0.4) is 0 Å². The van der Waals surface area contributed by atoms with Crippen molar-refractivity contribution < 1.29 is 45.7 Å². The first-order valence-corrected chi connectivity index (χ1v) is 9.59. The largest absolute Gasteiger partial charge is 0.415 e. The molecule has 0 bridgehead atoms. The molecular weight excluding hydrogens is 418 g/mol. The lowest BCUT2D eigenvalue weighted by molar-refractivity contribution is -0.318. The molecule has 2 heterocycles. The van der Waals surface area contributed by atoms with E-state index in [9.17, 15) is 31.4 Å². The van der Waals surface area contributed by atoms with Crippen molar-refractivity contribution in [1.82, 2.24) is 0 Å². The van der Waals surface area contributed by atoms with Crippen LogP contribution < -0.4 is 0 Å². The lowest BCUT2D eigenvalue weighted by Gasteiger charge is -2.46. The zero-order valence-corrected chi connectivity index (χ0v) is 16.7. The molecule has 0 aliphatic carbocycles. The molecule has 1 N–H and O–H groups in total. The molecule has 170 valence electrons. The Balaban J connectivity index is 1.94. The Labute approximate surface area is 170 Å². The van der Waals surface area contributed by atoms with Crippen molar-refractivity contribution in [3.63, 3.8) is 0 Å². The Morgan fingerprint density at radius 1 is 0.867 bits per heavy atom. The van der Waals surface area contributed by atoms with Gasteiger partial charge in [0.05, 0.1) is 18.8 Å². The fourth-order valence-corrected chi connectivity index (χ4v) is 4.29. The molecule has 6 atom stereocenters. The number of halogens is 6. The summed E-state index contributed by atoms with van der Waals surface area (Å²) in [7, 11) is 1.41. The Bertz CT molecular complexity index is 699. The molecule has 0 spiro atoms. The van der Waals surface area contributed by atoms with Crippen LogP contribution in [0.2, 0.25) is 0 Å². The molecule has 3 rings (SSSR count). The Morgan fingerprint density at radius 3 is 1.67 bits per heavy atom. The summed E-state index contributed by atoms with van der Waals surface area (Å²) in [4.78, 5) is 0. The molecule has 1 aromatic rings. The van der Waals surface area contributed by atoms with Gasteiger partial charge in [0, 0.05) is 25.6 Å². The molecule has 2 aliphatic heterocycles. The van der Waals surface area contributed by atoms with Crippen LogP contribution in [0.1, 0.15) is 48.3 Å². The number of hydrogen-bond acceptors (Lipinski definition) is 4. The normalized spacial score (nSPS) is 31.9. The fourth-order valence-electron chi connectivity index (χ4n) is 4.29. The highest BCUT2D eigenvalue weighted by molar-refractivity contribution is 5.43. The van der Waals surface area contributed by atoms with Gasteiger partial charge in [0.25, 0.3) is 0 Å². The molecular formula is C20H24F6O4. The van der Waals surface area contributed by atoms with E-state index in [1.54, 1.807) is 12.1 Å². The minimum absolute atomic E-state index is 0.0504. The van der Waals surface area contributed by atoms with Gasteiger partial charge in [-0.05, 0) is 28.7 Å². The monoisotopic (exact) mass is 442 g/mol. The highest BCUT2D eigenvalue weighted by Gasteiger charge is 2.57. The zero-order valence-electron chi connectivity index (χ0n) is 16.7. The van der Waals surface area contributed by atoms with Crippen molar-refractivity contribution in [3.05, 3.63) is 34.4 Å². The van der Waals surface area contributed by atoms with E-state index in [1.807, 2.05) is 0 Å². The molecule has 10 heteroatoms. The van der Waals surface area contributed by atoms with Gasteiger partial charge in [-0.15, -0.1) is 0 Å². The van der Waals surface area contributed by atoms with E-state index in [-0.39, 0.29) is 19.6 Å². The summed E-state index contributed by atoms with van der Waals surface area (Å²) in [5.74, 6) is -1.67. The van der Waals surface area contributed by atoms with Crippen LogP contribution in [-0.2, 0) is 27.2 Å². The molecule has 2 fully saturated rings. The summed E-state index contributed by atoms with van der Waals surface area (Å²) in [6.07, 6.45) is -14.2. The third-order valence-electron chi connectivity index (χ3n) is 5.84. The van der Waals surface area contributed by atoms with E-state index < -0.39 is 48.6 Å². The average Bonchev–Trinajstić information content (AvgIpc) is 2.60. The maximum absolute atomic E-state index is 13.0. The van der Waals surface area contributed by atoms with Crippen molar-refractivity contribution in [1.29, 1.82) is 0 Å². The number of aliphatic hydroxyl groups excluding tert-OH is 1.